The van der Waals surface area contributed by atoms with Crippen LogP contribution in [0.15, 0.2) is 99.9 Å². The van der Waals surface area contributed by atoms with Gasteiger partial charge in [0.05, 0.1) is 5.69 Å². The Hall–Kier alpha value is -2.36. The molecule has 0 radical (unpaired) electrons. The SMILES string of the molecule is CC1(C)c2ccccc2-c2c(N(c3ccc(Br)cc3)c3ccc(Br)cc3)cccc21. The van der Waals surface area contributed by atoms with E-state index >= 15 is 0 Å². The molecule has 148 valence electrons. The summed E-state index contributed by atoms with van der Waals surface area (Å²) in [6, 6.07) is 32.6. The number of anilines is 3. The van der Waals surface area contributed by atoms with Crippen molar-refractivity contribution >= 4 is 48.9 Å². The van der Waals surface area contributed by atoms with Crippen molar-refractivity contribution in [3.63, 3.8) is 0 Å². The van der Waals surface area contributed by atoms with Gasteiger partial charge in [0.2, 0.25) is 0 Å². The first kappa shape index (κ1) is 19.6. The lowest BCUT2D eigenvalue weighted by Crippen LogP contribution is -2.16. The molecule has 0 heterocycles. The number of hydrogen-bond donors (Lipinski definition) is 0. The molecule has 3 heteroatoms. The Kier molecular flexibility index (Phi) is 4.83. The molecule has 0 spiro atoms. The van der Waals surface area contributed by atoms with Gasteiger partial charge in [-0.2, -0.15) is 0 Å². The van der Waals surface area contributed by atoms with Gasteiger partial charge in [-0.25, -0.2) is 0 Å². The fraction of sp³-hybridized carbons (Fsp3) is 0.111. The molecule has 0 bridgehead atoms. The molecule has 30 heavy (non-hydrogen) atoms. The van der Waals surface area contributed by atoms with Crippen LogP contribution in [0.4, 0.5) is 17.1 Å². The number of hydrogen-bond acceptors (Lipinski definition) is 1. The molecule has 4 aromatic rings. The molecule has 0 unspecified atom stereocenters. The van der Waals surface area contributed by atoms with E-state index < -0.39 is 0 Å². The lowest BCUT2D eigenvalue weighted by Gasteiger charge is -2.29. The van der Waals surface area contributed by atoms with Gasteiger partial charge in [0.25, 0.3) is 0 Å². The van der Waals surface area contributed by atoms with Crippen LogP contribution in [0, 0.1) is 0 Å². The topological polar surface area (TPSA) is 3.24 Å². The fourth-order valence-corrected chi connectivity index (χ4v) is 5.06. The smallest absolute Gasteiger partial charge is 0.0543 e. The highest BCUT2D eigenvalue weighted by molar-refractivity contribution is 9.10. The molecule has 0 saturated heterocycles. The second kappa shape index (κ2) is 7.40. The number of halogens is 2. The zero-order chi connectivity index (χ0) is 20.9. The molecular weight excluding hydrogens is 498 g/mol. The van der Waals surface area contributed by atoms with Gasteiger partial charge in [0.15, 0.2) is 0 Å². The van der Waals surface area contributed by atoms with Crippen LogP contribution in [-0.4, -0.2) is 0 Å². The predicted octanol–water partition coefficient (Wildman–Crippen LogP) is 8.99. The van der Waals surface area contributed by atoms with Crippen LogP contribution in [0.1, 0.15) is 25.0 Å². The van der Waals surface area contributed by atoms with E-state index in [2.05, 4.69) is 142 Å². The van der Waals surface area contributed by atoms with Crippen molar-refractivity contribution in [3.05, 3.63) is 111 Å². The summed E-state index contributed by atoms with van der Waals surface area (Å²) in [5, 5.41) is 0. The summed E-state index contributed by atoms with van der Waals surface area (Å²) >= 11 is 7.16. The lowest BCUT2D eigenvalue weighted by molar-refractivity contribution is 0.660. The number of nitrogens with zero attached hydrogens (tertiary/aromatic N) is 1. The van der Waals surface area contributed by atoms with E-state index in [1.54, 1.807) is 0 Å². The molecule has 0 atom stereocenters. The third-order valence-corrected chi connectivity index (χ3v) is 7.05. The normalized spacial score (nSPS) is 13.6. The Labute approximate surface area is 194 Å². The summed E-state index contributed by atoms with van der Waals surface area (Å²) in [5.74, 6) is 0. The molecule has 1 nitrogen and oxygen atoms in total. The quantitative estimate of drug-likeness (QED) is 0.261. The Morgan fingerprint density at radius 2 is 1.13 bits per heavy atom. The van der Waals surface area contributed by atoms with Gasteiger partial charge in [-0.1, -0.05) is 82.1 Å². The minimum Gasteiger partial charge on any atom is -0.310 e. The van der Waals surface area contributed by atoms with E-state index in [0.29, 0.717) is 0 Å². The van der Waals surface area contributed by atoms with Crippen LogP contribution < -0.4 is 4.90 Å². The summed E-state index contributed by atoms with van der Waals surface area (Å²) in [6.45, 7) is 4.65. The van der Waals surface area contributed by atoms with Gasteiger partial charge >= 0.3 is 0 Å². The van der Waals surface area contributed by atoms with E-state index in [-0.39, 0.29) is 5.41 Å². The zero-order valence-electron chi connectivity index (χ0n) is 16.9. The molecule has 0 aromatic heterocycles. The first-order valence-electron chi connectivity index (χ1n) is 10.0. The molecule has 1 aliphatic carbocycles. The van der Waals surface area contributed by atoms with E-state index in [4.69, 9.17) is 0 Å². The van der Waals surface area contributed by atoms with E-state index in [1.807, 2.05) is 0 Å². The summed E-state index contributed by atoms with van der Waals surface area (Å²) < 4.78 is 2.15. The average molecular weight is 519 g/mol. The monoisotopic (exact) mass is 517 g/mol. The summed E-state index contributed by atoms with van der Waals surface area (Å²) in [5.41, 5.74) is 8.87. The summed E-state index contributed by atoms with van der Waals surface area (Å²) in [7, 11) is 0. The lowest BCUT2D eigenvalue weighted by atomic mass is 9.82. The summed E-state index contributed by atoms with van der Waals surface area (Å²) in [6.07, 6.45) is 0. The maximum Gasteiger partial charge on any atom is 0.0543 e. The first-order valence-corrected chi connectivity index (χ1v) is 11.6. The van der Waals surface area contributed by atoms with Crippen LogP contribution in [0.25, 0.3) is 11.1 Å². The van der Waals surface area contributed by atoms with Gasteiger partial charge in [-0.3, -0.25) is 0 Å². The van der Waals surface area contributed by atoms with Gasteiger partial charge in [-0.15, -0.1) is 0 Å². The van der Waals surface area contributed by atoms with Crippen LogP contribution in [0.5, 0.6) is 0 Å². The zero-order valence-corrected chi connectivity index (χ0v) is 20.0. The minimum absolute atomic E-state index is 0.0208. The van der Waals surface area contributed by atoms with Crippen LogP contribution >= 0.6 is 31.9 Å². The molecule has 0 amide bonds. The van der Waals surface area contributed by atoms with Crippen molar-refractivity contribution in [1.82, 2.24) is 0 Å². The average Bonchev–Trinajstić information content (AvgIpc) is 2.99. The molecule has 0 N–H and O–H groups in total. The third kappa shape index (κ3) is 3.12. The van der Waals surface area contributed by atoms with Gasteiger partial charge < -0.3 is 4.90 Å². The Morgan fingerprint density at radius 3 is 1.73 bits per heavy atom. The number of benzene rings is 4. The van der Waals surface area contributed by atoms with E-state index in [9.17, 15) is 0 Å². The second-order valence-corrected chi connectivity index (χ2v) is 9.99. The maximum absolute atomic E-state index is 3.58. The van der Waals surface area contributed by atoms with Crippen molar-refractivity contribution in [3.8, 4) is 11.1 Å². The highest BCUT2D eigenvalue weighted by Gasteiger charge is 2.37. The number of rotatable bonds is 3. The molecule has 0 aliphatic heterocycles. The second-order valence-electron chi connectivity index (χ2n) is 8.16. The molecule has 0 saturated carbocycles. The van der Waals surface area contributed by atoms with E-state index in [1.165, 1.54) is 27.9 Å². The van der Waals surface area contributed by atoms with Crippen LogP contribution in [-0.2, 0) is 5.41 Å². The fourth-order valence-electron chi connectivity index (χ4n) is 4.53. The minimum atomic E-state index is -0.0208. The predicted molar refractivity (Wildman–Crippen MR) is 134 cm³/mol. The van der Waals surface area contributed by atoms with Crippen LogP contribution in [0.2, 0.25) is 0 Å². The van der Waals surface area contributed by atoms with Crippen molar-refractivity contribution in [1.29, 1.82) is 0 Å². The molecule has 5 rings (SSSR count). The van der Waals surface area contributed by atoms with Crippen LogP contribution in [0.3, 0.4) is 0 Å². The van der Waals surface area contributed by atoms with Crippen molar-refractivity contribution < 1.29 is 0 Å². The maximum atomic E-state index is 3.58. The molecule has 1 aliphatic rings. The highest BCUT2D eigenvalue weighted by Crippen LogP contribution is 2.54. The molecular formula is C27H21Br2N. The Balaban J connectivity index is 1.80. The molecule has 4 aromatic carbocycles. The van der Waals surface area contributed by atoms with Gasteiger partial charge in [-0.05, 0) is 71.3 Å². The molecule has 0 fully saturated rings. The third-order valence-electron chi connectivity index (χ3n) is 6.00. The van der Waals surface area contributed by atoms with Crippen molar-refractivity contribution in [2.24, 2.45) is 0 Å². The first-order chi connectivity index (χ1) is 14.5. The summed E-state index contributed by atoms with van der Waals surface area (Å²) in [4.78, 5) is 2.36. The number of fused-ring (bicyclic) bond motifs is 3. The van der Waals surface area contributed by atoms with Crippen molar-refractivity contribution in [2.45, 2.75) is 19.3 Å². The largest absolute Gasteiger partial charge is 0.310 e. The van der Waals surface area contributed by atoms with Gasteiger partial charge in [0, 0.05) is 31.3 Å². The Morgan fingerprint density at radius 1 is 0.600 bits per heavy atom. The standard InChI is InChI=1S/C27H21Br2N/c1-27(2)23-7-4-3-6-22(23)26-24(27)8-5-9-25(26)30(20-14-10-18(28)11-15-20)21-16-12-19(29)13-17-21/h3-17H,1-2H3. The van der Waals surface area contributed by atoms with Gasteiger partial charge in [0.1, 0.15) is 0 Å². The highest BCUT2D eigenvalue weighted by atomic mass is 79.9. The Bertz CT molecular complexity index is 1180. The van der Waals surface area contributed by atoms with Crippen molar-refractivity contribution in [2.75, 3.05) is 4.90 Å². The van der Waals surface area contributed by atoms with E-state index in [0.717, 1.165) is 20.3 Å².